The van der Waals surface area contributed by atoms with Gasteiger partial charge in [0.25, 0.3) is 0 Å². The van der Waals surface area contributed by atoms with Crippen LogP contribution in [0.15, 0.2) is 177 Å². The molecule has 12 heteroatoms. The van der Waals surface area contributed by atoms with Crippen molar-refractivity contribution in [3.05, 3.63) is 188 Å². The zero-order valence-corrected chi connectivity index (χ0v) is 35.8. The minimum atomic E-state index is -0.409. The van der Waals surface area contributed by atoms with Gasteiger partial charge in [-0.05, 0) is 101 Å². The van der Waals surface area contributed by atoms with Crippen molar-refractivity contribution in [1.82, 2.24) is 59.8 Å². The van der Waals surface area contributed by atoms with Gasteiger partial charge in [-0.1, -0.05) is 74.5 Å². The highest BCUT2D eigenvalue weighted by Gasteiger charge is 2.41. The van der Waals surface area contributed by atoms with Gasteiger partial charge in [0, 0.05) is 40.7 Å². The zero-order valence-electron chi connectivity index (χ0n) is 35.8. The van der Waals surface area contributed by atoms with Gasteiger partial charge in [0.2, 0.25) is 0 Å². The molecule has 0 saturated heterocycles. The predicted molar refractivity (Wildman–Crippen MR) is 256 cm³/mol. The molecule has 0 amide bonds. The maximum Gasteiger partial charge on any atom is 0.156 e. The second-order valence-electron chi connectivity index (χ2n) is 16.6. The van der Waals surface area contributed by atoms with E-state index < -0.39 is 5.41 Å². The van der Waals surface area contributed by atoms with Crippen LogP contribution in [-0.2, 0) is 5.41 Å². The molecule has 11 aromatic rings. The molecule has 1 aliphatic rings. The Morgan fingerprint density at radius 1 is 0.348 bits per heavy atom. The Bertz CT molecular complexity index is 3570. The van der Waals surface area contributed by atoms with Crippen LogP contribution in [0.5, 0.6) is 0 Å². The summed E-state index contributed by atoms with van der Waals surface area (Å²) in [5.41, 5.74) is 16.3. The lowest BCUT2D eigenvalue weighted by atomic mass is 9.78. The van der Waals surface area contributed by atoms with Gasteiger partial charge < -0.3 is 15.0 Å². The van der Waals surface area contributed by atoms with Crippen molar-refractivity contribution in [3.63, 3.8) is 0 Å². The van der Waals surface area contributed by atoms with Crippen LogP contribution in [0.1, 0.15) is 25.0 Å². The van der Waals surface area contributed by atoms with E-state index in [1.807, 2.05) is 128 Å². The Morgan fingerprint density at radius 2 is 0.758 bits per heavy atom. The highest BCUT2D eigenvalue weighted by Crippen LogP contribution is 2.57. The fraction of sp³-hybridized carbons (Fsp3) is 0.0556. The third-order valence-electron chi connectivity index (χ3n) is 12.2. The molecule has 0 saturated carbocycles. The van der Waals surface area contributed by atoms with Crippen LogP contribution >= 0.6 is 0 Å². The molecule has 0 fully saturated rings. The molecule has 2 aromatic carbocycles. The van der Waals surface area contributed by atoms with Crippen LogP contribution < -0.4 is 0 Å². The number of rotatable bonds is 9. The van der Waals surface area contributed by atoms with E-state index in [0.717, 1.165) is 84.6 Å². The lowest BCUT2D eigenvalue weighted by molar-refractivity contribution is 0.662. The fourth-order valence-corrected chi connectivity index (χ4v) is 9.11. The summed E-state index contributed by atoms with van der Waals surface area (Å²) >= 11 is 0. The summed E-state index contributed by atoms with van der Waals surface area (Å²) in [5.74, 6) is 1.91. The SMILES string of the molecule is CC1(C)c2ccccc2-c2c(-c3cnc(-c4cccc(-c5ccccn5)n4)[nH]3)c(-c3cnc(-c4cccc(-c5ccccn5)n4)[nH]3)cc(-c3cnc(-c4cccc(-c5ccccn5)n4)[nH]3)c21. The molecule has 66 heavy (non-hydrogen) atoms. The monoisotopic (exact) mass is 854 g/mol. The Hall–Kier alpha value is -9.03. The summed E-state index contributed by atoms with van der Waals surface area (Å²) in [4.78, 5) is 54.5. The Labute approximate surface area is 379 Å². The largest absolute Gasteiger partial charge is 0.337 e. The standard InChI is InChI=1S/C54H38N12/c1-54(2)35-15-4-3-14-32(35)49-48(47-31-60-53(66-47)44-24-13-21-41(63-44)38-18-7-10-27-57-38)33(45-29-58-51(64-45)42-22-11-19-39(61-42)36-16-5-8-25-55-36)28-34(50(49)54)46-30-59-52(65-46)43-23-12-20-40(62-43)37-17-6-9-26-56-37/h3-31H,1-2H3,(H,58,64)(H,59,65)(H,60,66). The predicted octanol–water partition coefficient (Wildman–Crippen LogP) is 11.5. The smallest absolute Gasteiger partial charge is 0.156 e. The van der Waals surface area contributed by atoms with E-state index in [9.17, 15) is 0 Å². The number of aromatic nitrogens is 12. The van der Waals surface area contributed by atoms with Gasteiger partial charge in [0.15, 0.2) is 17.5 Å². The van der Waals surface area contributed by atoms with Gasteiger partial charge in [-0.3, -0.25) is 15.0 Å². The number of aromatic amines is 3. The Morgan fingerprint density at radius 3 is 1.24 bits per heavy atom. The topological polar surface area (TPSA) is 163 Å². The normalized spacial score (nSPS) is 12.5. The fourth-order valence-electron chi connectivity index (χ4n) is 9.11. The van der Waals surface area contributed by atoms with E-state index in [1.165, 1.54) is 5.56 Å². The van der Waals surface area contributed by atoms with Crippen LogP contribution in [0.2, 0.25) is 0 Å². The third kappa shape index (κ3) is 6.67. The first-order valence-electron chi connectivity index (χ1n) is 21.6. The second kappa shape index (κ2) is 15.6. The molecule has 3 N–H and O–H groups in total. The number of imidazole rings is 3. The molecule has 0 spiro atoms. The molecule has 0 unspecified atom stereocenters. The van der Waals surface area contributed by atoms with Crippen molar-refractivity contribution >= 4 is 0 Å². The molecule has 0 atom stereocenters. The molecular formula is C54H38N12. The maximum absolute atomic E-state index is 5.00. The zero-order chi connectivity index (χ0) is 44.2. The van der Waals surface area contributed by atoms with Gasteiger partial charge in [0.05, 0.1) is 69.8 Å². The first-order valence-corrected chi connectivity index (χ1v) is 21.6. The minimum Gasteiger partial charge on any atom is -0.337 e. The van der Waals surface area contributed by atoms with E-state index in [4.69, 9.17) is 29.9 Å². The van der Waals surface area contributed by atoms with Crippen LogP contribution in [0.25, 0.3) is 114 Å². The molecule has 12 nitrogen and oxygen atoms in total. The van der Waals surface area contributed by atoms with E-state index >= 15 is 0 Å². The van der Waals surface area contributed by atoms with Crippen molar-refractivity contribution in [2.45, 2.75) is 19.3 Å². The molecule has 9 heterocycles. The first-order chi connectivity index (χ1) is 32.5. The average molecular weight is 855 g/mol. The number of nitrogens with one attached hydrogen (secondary N) is 3. The lowest BCUT2D eigenvalue weighted by Gasteiger charge is -2.25. The van der Waals surface area contributed by atoms with E-state index in [2.05, 4.69) is 74.1 Å². The lowest BCUT2D eigenvalue weighted by Crippen LogP contribution is -2.16. The van der Waals surface area contributed by atoms with Gasteiger partial charge >= 0.3 is 0 Å². The summed E-state index contributed by atoms with van der Waals surface area (Å²) < 4.78 is 0. The quantitative estimate of drug-likeness (QED) is 0.128. The Kier molecular flexibility index (Phi) is 9.16. The molecule has 12 rings (SSSR count). The Balaban J connectivity index is 1.06. The van der Waals surface area contributed by atoms with E-state index in [-0.39, 0.29) is 0 Å². The van der Waals surface area contributed by atoms with Crippen LogP contribution in [-0.4, -0.2) is 59.8 Å². The maximum atomic E-state index is 5.00. The number of fused-ring (bicyclic) bond motifs is 3. The molecule has 1 aliphatic carbocycles. The average Bonchev–Trinajstić information content (AvgIpc) is 4.22. The van der Waals surface area contributed by atoms with Gasteiger partial charge in [-0.2, -0.15) is 0 Å². The molecule has 0 bridgehead atoms. The molecule has 0 radical (unpaired) electrons. The highest BCUT2D eigenvalue weighted by atomic mass is 15.0. The van der Waals surface area contributed by atoms with Crippen molar-refractivity contribution in [1.29, 1.82) is 0 Å². The van der Waals surface area contributed by atoms with Gasteiger partial charge in [-0.25, -0.2) is 29.9 Å². The molecule has 0 aliphatic heterocycles. The summed E-state index contributed by atoms with van der Waals surface area (Å²) in [6.07, 6.45) is 11.0. The molecule has 314 valence electrons. The van der Waals surface area contributed by atoms with Crippen LogP contribution in [0.3, 0.4) is 0 Å². The highest BCUT2D eigenvalue weighted by molar-refractivity contribution is 6.03. The van der Waals surface area contributed by atoms with Crippen LogP contribution in [0, 0.1) is 0 Å². The van der Waals surface area contributed by atoms with E-state index in [0.29, 0.717) is 34.6 Å². The van der Waals surface area contributed by atoms with Crippen molar-refractivity contribution in [2.24, 2.45) is 0 Å². The van der Waals surface area contributed by atoms with E-state index in [1.54, 1.807) is 18.6 Å². The van der Waals surface area contributed by atoms with Crippen molar-refractivity contribution in [2.75, 3.05) is 0 Å². The van der Waals surface area contributed by atoms with Gasteiger partial charge in [-0.15, -0.1) is 0 Å². The number of H-pyrrole nitrogens is 3. The number of nitrogens with zero attached hydrogens (tertiary/aromatic N) is 9. The summed E-state index contributed by atoms with van der Waals surface area (Å²) in [6.45, 7) is 4.58. The summed E-state index contributed by atoms with van der Waals surface area (Å²) in [5, 5.41) is 0. The molecule has 9 aromatic heterocycles. The van der Waals surface area contributed by atoms with Crippen molar-refractivity contribution in [3.8, 4) is 114 Å². The third-order valence-corrected chi connectivity index (χ3v) is 12.2. The number of benzene rings is 2. The molecular weight excluding hydrogens is 817 g/mol. The first kappa shape index (κ1) is 38.6. The summed E-state index contributed by atoms with van der Waals surface area (Å²) in [6, 6.07) is 46.1. The number of hydrogen-bond donors (Lipinski definition) is 3. The number of pyridine rings is 6. The second-order valence-corrected chi connectivity index (χ2v) is 16.6. The van der Waals surface area contributed by atoms with Crippen molar-refractivity contribution < 1.29 is 0 Å². The van der Waals surface area contributed by atoms with Gasteiger partial charge in [0.1, 0.15) is 17.1 Å². The van der Waals surface area contributed by atoms with Crippen LogP contribution in [0.4, 0.5) is 0 Å². The summed E-state index contributed by atoms with van der Waals surface area (Å²) in [7, 11) is 0. The number of hydrogen-bond acceptors (Lipinski definition) is 9. The minimum absolute atomic E-state index is 0.409.